The molecule has 0 unspecified atom stereocenters. The summed E-state index contributed by atoms with van der Waals surface area (Å²) < 4.78 is 5.45. The molecule has 0 spiro atoms. The second-order valence-corrected chi connectivity index (χ2v) is 7.52. The van der Waals surface area contributed by atoms with Crippen LogP contribution in [0.4, 0.5) is 5.00 Å². The van der Waals surface area contributed by atoms with Crippen LogP contribution in [-0.4, -0.2) is 16.6 Å². The molecule has 1 amide bonds. The summed E-state index contributed by atoms with van der Waals surface area (Å²) in [6, 6.07) is 2.25. The van der Waals surface area contributed by atoms with Crippen LogP contribution in [0.3, 0.4) is 0 Å². The molecular formula is C16H17N3O2S2. The highest BCUT2D eigenvalue weighted by molar-refractivity contribution is 7.99. The van der Waals surface area contributed by atoms with Gasteiger partial charge in [0, 0.05) is 4.88 Å². The van der Waals surface area contributed by atoms with Gasteiger partial charge < -0.3 is 9.73 Å². The van der Waals surface area contributed by atoms with Gasteiger partial charge in [0.05, 0.1) is 17.0 Å². The fraction of sp³-hybridized carbons (Fsp3) is 0.438. The molecule has 0 aliphatic heterocycles. The van der Waals surface area contributed by atoms with Gasteiger partial charge in [0.2, 0.25) is 5.91 Å². The molecule has 0 aromatic carbocycles. The number of hydrogen-bond acceptors (Lipinski definition) is 6. The average molecular weight is 347 g/mol. The third-order valence-corrected chi connectivity index (χ3v) is 5.91. The third kappa shape index (κ3) is 3.43. The van der Waals surface area contributed by atoms with E-state index in [0.717, 1.165) is 42.7 Å². The minimum Gasteiger partial charge on any atom is -0.437 e. The van der Waals surface area contributed by atoms with Crippen LogP contribution >= 0.6 is 23.1 Å². The van der Waals surface area contributed by atoms with Gasteiger partial charge in [-0.2, -0.15) is 5.26 Å². The molecule has 1 aliphatic carbocycles. The second kappa shape index (κ2) is 6.77. The number of aryl methyl sites for hydroxylation is 3. The van der Waals surface area contributed by atoms with Gasteiger partial charge in [-0.15, -0.1) is 11.3 Å². The number of hydrogen-bond donors (Lipinski definition) is 1. The Balaban J connectivity index is 1.66. The Labute approximate surface area is 143 Å². The van der Waals surface area contributed by atoms with Crippen molar-refractivity contribution in [3.05, 3.63) is 27.5 Å². The second-order valence-electron chi connectivity index (χ2n) is 5.49. The lowest BCUT2D eigenvalue weighted by Crippen LogP contribution is -2.14. The first kappa shape index (κ1) is 16.1. The maximum absolute atomic E-state index is 12.2. The summed E-state index contributed by atoms with van der Waals surface area (Å²) in [5.41, 5.74) is 2.61. The molecule has 2 aromatic heterocycles. The van der Waals surface area contributed by atoms with E-state index in [1.54, 1.807) is 11.3 Å². The molecule has 1 N–H and O–H groups in total. The van der Waals surface area contributed by atoms with Gasteiger partial charge in [-0.05, 0) is 45.1 Å². The minimum absolute atomic E-state index is 0.140. The Morgan fingerprint density at radius 1 is 1.43 bits per heavy atom. The molecule has 23 heavy (non-hydrogen) atoms. The summed E-state index contributed by atoms with van der Waals surface area (Å²) >= 11 is 2.80. The number of thiophene rings is 1. The molecule has 0 atom stereocenters. The number of amides is 1. The summed E-state index contributed by atoms with van der Waals surface area (Å²) in [5, 5.41) is 13.5. The number of fused-ring (bicyclic) bond motifs is 1. The third-order valence-electron chi connectivity index (χ3n) is 3.87. The van der Waals surface area contributed by atoms with Crippen LogP contribution in [0.2, 0.25) is 0 Å². The molecule has 0 fully saturated rings. The molecule has 2 heterocycles. The number of carbonyl (C=O) groups excluding carboxylic acids is 1. The molecule has 2 aromatic rings. The maximum Gasteiger partial charge on any atom is 0.256 e. The monoisotopic (exact) mass is 347 g/mol. The minimum atomic E-state index is -0.140. The van der Waals surface area contributed by atoms with Gasteiger partial charge in [-0.25, -0.2) is 4.98 Å². The van der Waals surface area contributed by atoms with E-state index < -0.39 is 0 Å². The van der Waals surface area contributed by atoms with Crippen LogP contribution in [0, 0.1) is 25.2 Å². The molecule has 0 radical (unpaired) electrons. The van der Waals surface area contributed by atoms with E-state index in [2.05, 4.69) is 16.4 Å². The standard InChI is InChI=1S/C16H17N3O2S2/c1-9-10(2)21-16(18-9)22-8-14(20)19-15-12(7-17)11-5-3-4-6-13(11)23-15/h3-6,8H2,1-2H3,(H,19,20). The topological polar surface area (TPSA) is 78.9 Å². The normalized spacial score (nSPS) is 13.4. The zero-order valence-electron chi connectivity index (χ0n) is 13.1. The van der Waals surface area contributed by atoms with Crippen molar-refractivity contribution in [1.29, 1.82) is 5.26 Å². The predicted octanol–water partition coefficient (Wildman–Crippen LogP) is 3.83. The number of nitriles is 1. The number of carbonyl (C=O) groups is 1. The number of thioether (sulfide) groups is 1. The molecule has 120 valence electrons. The van der Waals surface area contributed by atoms with Crippen LogP contribution in [0.15, 0.2) is 9.64 Å². The molecule has 3 rings (SSSR count). The van der Waals surface area contributed by atoms with Gasteiger partial charge in [-0.3, -0.25) is 4.79 Å². The van der Waals surface area contributed by atoms with Crippen molar-refractivity contribution in [2.24, 2.45) is 0 Å². The van der Waals surface area contributed by atoms with Crippen LogP contribution in [-0.2, 0) is 17.6 Å². The summed E-state index contributed by atoms with van der Waals surface area (Å²) in [4.78, 5) is 17.6. The van der Waals surface area contributed by atoms with Gasteiger partial charge in [0.25, 0.3) is 5.22 Å². The summed E-state index contributed by atoms with van der Waals surface area (Å²) in [5.74, 6) is 0.844. The van der Waals surface area contributed by atoms with Gasteiger partial charge in [0.15, 0.2) is 0 Å². The number of rotatable bonds is 4. The lowest BCUT2D eigenvalue weighted by Gasteiger charge is -2.09. The van der Waals surface area contributed by atoms with Crippen LogP contribution in [0.5, 0.6) is 0 Å². The lowest BCUT2D eigenvalue weighted by molar-refractivity contribution is -0.113. The summed E-state index contributed by atoms with van der Waals surface area (Å²) in [6.45, 7) is 3.72. The lowest BCUT2D eigenvalue weighted by atomic mass is 9.96. The largest absolute Gasteiger partial charge is 0.437 e. The summed E-state index contributed by atoms with van der Waals surface area (Å²) in [6.07, 6.45) is 4.22. The quantitative estimate of drug-likeness (QED) is 0.850. The number of nitrogens with zero attached hydrogens (tertiary/aromatic N) is 2. The van der Waals surface area contributed by atoms with Crippen LogP contribution < -0.4 is 5.32 Å². The predicted molar refractivity (Wildman–Crippen MR) is 91.0 cm³/mol. The van der Waals surface area contributed by atoms with Gasteiger partial charge in [0.1, 0.15) is 16.8 Å². The smallest absolute Gasteiger partial charge is 0.256 e. The van der Waals surface area contributed by atoms with Crippen molar-refractivity contribution in [2.75, 3.05) is 11.1 Å². The maximum atomic E-state index is 12.2. The van der Waals surface area contributed by atoms with Crippen LogP contribution in [0.1, 0.15) is 40.3 Å². The van der Waals surface area contributed by atoms with E-state index in [0.29, 0.717) is 15.8 Å². The highest BCUT2D eigenvalue weighted by Gasteiger charge is 2.22. The van der Waals surface area contributed by atoms with E-state index in [1.165, 1.54) is 16.6 Å². The highest BCUT2D eigenvalue weighted by atomic mass is 32.2. The van der Waals surface area contributed by atoms with Gasteiger partial charge in [-0.1, -0.05) is 11.8 Å². The molecule has 5 nitrogen and oxygen atoms in total. The number of nitrogens with one attached hydrogen (secondary N) is 1. The van der Waals surface area contributed by atoms with Crippen molar-refractivity contribution in [3.63, 3.8) is 0 Å². The Kier molecular flexibility index (Phi) is 4.74. The fourth-order valence-corrected chi connectivity index (χ4v) is 4.54. The van der Waals surface area contributed by atoms with E-state index in [1.807, 2.05) is 13.8 Å². The zero-order chi connectivity index (χ0) is 16.4. The highest BCUT2D eigenvalue weighted by Crippen LogP contribution is 2.37. The summed E-state index contributed by atoms with van der Waals surface area (Å²) in [7, 11) is 0. The molecular weight excluding hydrogens is 330 g/mol. The first-order chi connectivity index (χ1) is 11.1. The SMILES string of the molecule is Cc1nc(SCC(=O)Nc2sc3c(c2C#N)CCCC3)oc1C. The van der Waals surface area contributed by atoms with E-state index >= 15 is 0 Å². The van der Waals surface area contributed by atoms with E-state index in [-0.39, 0.29) is 11.7 Å². The first-order valence-electron chi connectivity index (χ1n) is 7.49. The molecule has 0 bridgehead atoms. The molecule has 7 heteroatoms. The van der Waals surface area contributed by atoms with Crippen molar-refractivity contribution in [1.82, 2.24) is 4.98 Å². The van der Waals surface area contributed by atoms with Crippen molar-refractivity contribution in [3.8, 4) is 6.07 Å². The van der Waals surface area contributed by atoms with Crippen LogP contribution in [0.25, 0.3) is 0 Å². The Morgan fingerprint density at radius 2 is 2.22 bits per heavy atom. The van der Waals surface area contributed by atoms with Crippen molar-refractivity contribution >= 4 is 34.0 Å². The van der Waals surface area contributed by atoms with Crippen molar-refractivity contribution < 1.29 is 9.21 Å². The number of anilines is 1. The molecule has 0 saturated heterocycles. The Morgan fingerprint density at radius 3 is 2.91 bits per heavy atom. The first-order valence-corrected chi connectivity index (χ1v) is 9.30. The average Bonchev–Trinajstić information content (AvgIpc) is 3.04. The van der Waals surface area contributed by atoms with E-state index in [4.69, 9.17) is 4.42 Å². The van der Waals surface area contributed by atoms with Gasteiger partial charge >= 0.3 is 0 Å². The molecule has 0 saturated carbocycles. The zero-order valence-corrected chi connectivity index (χ0v) is 14.7. The Bertz CT molecular complexity index is 767. The fourth-order valence-electron chi connectivity index (χ4n) is 2.57. The molecule has 1 aliphatic rings. The van der Waals surface area contributed by atoms with E-state index in [9.17, 15) is 10.1 Å². The van der Waals surface area contributed by atoms with Crippen molar-refractivity contribution in [2.45, 2.75) is 44.8 Å². The Hall–Kier alpha value is -1.78. The number of oxazole rings is 1. The number of aromatic nitrogens is 1.